The summed E-state index contributed by atoms with van der Waals surface area (Å²) in [6.45, 7) is 7.11. The van der Waals surface area contributed by atoms with Crippen molar-refractivity contribution >= 4 is 23.0 Å². The highest BCUT2D eigenvalue weighted by molar-refractivity contribution is 6.07. The van der Waals surface area contributed by atoms with Gasteiger partial charge >= 0.3 is 6.03 Å². The minimum Gasteiger partial charge on any atom is -0.341 e. The number of urea groups is 1. The first kappa shape index (κ1) is 22.3. The maximum Gasteiger partial charge on any atom is 0.327 e. The summed E-state index contributed by atoms with van der Waals surface area (Å²) in [7, 11) is 0. The number of para-hydroxylation sites is 2. The number of carbonyl (C=O) groups excluding carboxylic acids is 2. The minimum atomic E-state index is -0.722. The number of piperidine rings is 1. The van der Waals surface area contributed by atoms with Crippen molar-refractivity contribution < 1.29 is 9.59 Å². The van der Waals surface area contributed by atoms with Crippen LogP contribution in [0.25, 0.3) is 11.0 Å². The number of imide groups is 1. The second-order valence-electron chi connectivity index (χ2n) is 10.8. The van der Waals surface area contributed by atoms with Crippen molar-refractivity contribution in [2.75, 3.05) is 19.6 Å². The summed E-state index contributed by atoms with van der Waals surface area (Å²) in [5.74, 6) is 1.27. The second kappa shape index (κ2) is 8.48. The van der Waals surface area contributed by atoms with Crippen LogP contribution in [0.15, 0.2) is 48.5 Å². The van der Waals surface area contributed by atoms with Crippen LogP contribution in [0.3, 0.4) is 0 Å². The van der Waals surface area contributed by atoms with Gasteiger partial charge in [-0.1, -0.05) is 50.2 Å². The molecule has 7 nitrogen and oxygen atoms in total. The molecule has 3 heterocycles. The Hall–Kier alpha value is -3.19. The van der Waals surface area contributed by atoms with Crippen molar-refractivity contribution in [3.05, 3.63) is 65.5 Å². The lowest BCUT2D eigenvalue weighted by molar-refractivity contribution is -0.137. The molecule has 2 saturated heterocycles. The molecule has 0 radical (unpaired) electrons. The smallest absolute Gasteiger partial charge is 0.327 e. The molecule has 35 heavy (non-hydrogen) atoms. The summed E-state index contributed by atoms with van der Waals surface area (Å²) in [6.07, 6.45) is 2.86. The van der Waals surface area contributed by atoms with Crippen molar-refractivity contribution in [2.24, 2.45) is 5.92 Å². The average molecular weight is 472 g/mol. The predicted octanol–water partition coefficient (Wildman–Crippen LogP) is 3.99. The zero-order valence-electron chi connectivity index (χ0n) is 20.5. The molecule has 1 aromatic heterocycles. The van der Waals surface area contributed by atoms with Gasteiger partial charge in [-0.3, -0.25) is 14.6 Å². The van der Waals surface area contributed by atoms with Crippen molar-refractivity contribution in [1.82, 2.24) is 24.7 Å². The Morgan fingerprint density at radius 2 is 1.66 bits per heavy atom. The first-order chi connectivity index (χ1) is 16.9. The molecule has 2 aromatic carbocycles. The molecule has 6 rings (SSSR count). The Bertz CT molecular complexity index is 1220. The normalized spacial score (nSPS) is 20.7. The highest BCUT2D eigenvalue weighted by atomic mass is 16.2. The number of nitrogens with one attached hydrogen (secondary N) is 1. The van der Waals surface area contributed by atoms with E-state index in [4.69, 9.17) is 4.98 Å². The fourth-order valence-corrected chi connectivity index (χ4v) is 6.26. The Morgan fingerprint density at radius 3 is 2.31 bits per heavy atom. The number of H-pyrrole nitrogens is 1. The van der Waals surface area contributed by atoms with E-state index in [-0.39, 0.29) is 18.0 Å². The Balaban J connectivity index is 1.21. The third-order valence-corrected chi connectivity index (χ3v) is 8.01. The van der Waals surface area contributed by atoms with Crippen molar-refractivity contribution in [3.63, 3.8) is 0 Å². The molecule has 1 N–H and O–H groups in total. The van der Waals surface area contributed by atoms with Crippen molar-refractivity contribution in [2.45, 2.75) is 57.7 Å². The average Bonchev–Trinajstić information content (AvgIpc) is 3.50. The molecule has 2 aliphatic heterocycles. The standard InChI is InChI=1S/C28H33N5O2/c1-19(2)17-32-27(35)33(22-15-20-7-3-4-8-21(20)16-22)26(34)28(32)11-13-31(14-12-28)18-25-29-23-9-5-6-10-24(23)30-25/h3-10,19,22H,11-18H2,1-2H3,(H,29,30). The van der Waals surface area contributed by atoms with Gasteiger partial charge in [0.05, 0.1) is 17.6 Å². The zero-order valence-corrected chi connectivity index (χ0v) is 20.5. The molecular weight excluding hydrogens is 438 g/mol. The Kier molecular flexibility index (Phi) is 5.40. The number of aromatic nitrogens is 2. The number of amides is 3. The van der Waals surface area contributed by atoms with E-state index >= 15 is 0 Å². The van der Waals surface area contributed by atoms with Crippen LogP contribution in [0.4, 0.5) is 4.79 Å². The van der Waals surface area contributed by atoms with Gasteiger partial charge in [0, 0.05) is 25.7 Å². The van der Waals surface area contributed by atoms with Crippen LogP contribution in [-0.2, 0) is 24.2 Å². The number of fused-ring (bicyclic) bond motifs is 2. The summed E-state index contributed by atoms with van der Waals surface area (Å²) < 4.78 is 0. The van der Waals surface area contributed by atoms with Gasteiger partial charge in [-0.2, -0.15) is 0 Å². The van der Waals surface area contributed by atoms with E-state index in [1.54, 1.807) is 4.90 Å². The molecule has 3 aromatic rings. The van der Waals surface area contributed by atoms with E-state index in [1.165, 1.54) is 11.1 Å². The van der Waals surface area contributed by atoms with E-state index in [9.17, 15) is 9.59 Å². The molecule has 0 bridgehead atoms. The van der Waals surface area contributed by atoms with Crippen LogP contribution < -0.4 is 0 Å². The maximum atomic E-state index is 14.0. The third-order valence-electron chi connectivity index (χ3n) is 8.01. The van der Waals surface area contributed by atoms with Gasteiger partial charge in [0.25, 0.3) is 5.91 Å². The summed E-state index contributed by atoms with van der Waals surface area (Å²) in [5.41, 5.74) is 3.82. The van der Waals surface area contributed by atoms with Crippen LogP contribution in [0.1, 0.15) is 43.6 Å². The van der Waals surface area contributed by atoms with Gasteiger partial charge in [-0.05, 0) is 54.9 Å². The van der Waals surface area contributed by atoms with E-state index in [2.05, 4.69) is 35.9 Å². The van der Waals surface area contributed by atoms with Gasteiger partial charge in [-0.25, -0.2) is 9.78 Å². The van der Waals surface area contributed by atoms with Crippen molar-refractivity contribution in [1.29, 1.82) is 0 Å². The number of hydrogen-bond donors (Lipinski definition) is 1. The van der Waals surface area contributed by atoms with Gasteiger partial charge in [0.1, 0.15) is 11.4 Å². The molecular formula is C28H33N5O2. The van der Waals surface area contributed by atoms with E-state index in [0.29, 0.717) is 25.3 Å². The molecule has 2 fully saturated rings. The third kappa shape index (κ3) is 3.73. The molecule has 0 unspecified atom stereocenters. The molecule has 3 amide bonds. The van der Waals surface area contributed by atoms with E-state index < -0.39 is 5.54 Å². The van der Waals surface area contributed by atoms with Crippen LogP contribution in [0, 0.1) is 5.92 Å². The molecule has 1 spiro atoms. The SMILES string of the molecule is CC(C)CN1C(=O)N(C2Cc3ccccc3C2)C(=O)C12CCN(Cc1nc3ccccc3[nH]1)CC2. The number of carbonyl (C=O) groups is 2. The highest BCUT2D eigenvalue weighted by Crippen LogP contribution is 2.41. The fourth-order valence-electron chi connectivity index (χ4n) is 6.26. The predicted molar refractivity (Wildman–Crippen MR) is 135 cm³/mol. The monoisotopic (exact) mass is 471 g/mol. The van der Waals surface area contributed by atoms with Gasteiger partial charge < -0.3 is 9.88 Å². The summed E-state index contributed by atoms with van der Waals surface area (Å²) in [4.78, 5) is 41.8. The minimum absolute atomic E-state index is 0.0179. The lowest BCUT2D eigenvalue weighted by Gasteiger charge is -2.42. The largest absolute Gasteiger partial charge is 0.341 e. The van der Waals surface area contributed by atoms with Crippen LogP contribution in [0.5, 0.6) is 0 Å². The molecule has 1 aliphatic carbocycles. The van der Waals surface area contributed by atoms with Gasteiger partial charge in [0.15, 0.2) is 0 Å². The molecule has 7 heteroatoms. The van der Waals surface area contributed by atoms with Crippen molar-refractivity contribution in [3.8, 4) is 0 Å². The maximum absolute atomic E-state index is 14.0. The molecule has 0 saturated carbocycles. The molecule has 182 valence electrons. The molecule has 0 atom stereocenters. The summed E-state index contributed by atoms with van der Waals surface area (Å²) in [5, 5.41) is 0. The van der Waals surface area contributed by atoms with Crippen LogP contribution >= 0.6 is 0 Å². The lowest BCUT2D eigenvalue weighted by atomic mass is 9.85. The first-order valence-electron chi connectivity index (χ1n) is 12.8. The topological polar surface area (TPSA) is 72.5 Å². The highest BCUT2D eigenvalue weighted by Gasteiger charge is 2.59. The van der Waals surface area contributed by atoms with E-state index in [1.807, 2.05) is 41.3 Å². The van der Waals surface area contributed by atoms with E-state index in [0.717, 1.165) is 49.3 Å². The molecule has 3 aliphatic rings. The lowest BCUT2D eigenvalue weighted by Crippen LogP contribution is -2.57. The Labute approximate surface area is 206 Å². The van der Waals surface area contributed by atoms with Gasteiger partial charge in [-0.15, -0.1) is 0 Å². The number of nitrogens with zero attached hydrogens (tertiary/aromatic N) is 4. The van der Waals surface area contributed by atoms with Gasteiger partial charge in [0.2, 0.25) is 0 Å². The number of aromatic amines is 1. The van der Waals surface area contributed by atoms with Crippen LogP contribution in [-0.4, -0.2) is 67.8 Å². The fraction of sp³-hybridized carbons (Fsp3) is 0.464. The zero-order chi connectivity index (χ0) is 24.2. The summed E-state index contributed by atoms with van der Waals surface area (Å²) in [6, 6.07) is 16.2. The number of imidazole rings is 1. The number of rotatable bonds is 5. The quantitative estimate of drug-likeness (QED) is 0.571. The Morgan fingerprint density at radius 1 is 1.00 bits per heavy atom. The number of benzene rings is 2. The number of likely N-dealkylation sites (tertiary alicyclic amines) is 1. The number of hydrogen-bond acceptors (Lipinski definition) is 4. The first-order valence-corrected chi connectivity index (χ1v) is 12.8. The second-order valence-corrected chi connectivity index (χ2v) is 10.8. The van der Waals surface area contributed by atoms with Crippen LogP contribution in [0.2, 0.25) is 0 Å². The summed E-state index contributed by atoms with van der Waals surface area (Å²) >= 11 is 0.